The minimum Gasteiger partial charge on any atom is -0.466 e. The molecule has 0 aromatic heterocycles. The number of hydrogen-bond acceptors (Lipinski definition) is 7. The zero-order valence-corrected chi connectivity index (χ0v) is 16.7. The normalized spacial score (nSPS) is 15.3. The van der Waals surface area contributed by atoms with Gasteiger partial charge >= 0.3 is 11.9 Å². The van der Waals surface area contributed by atoms with Gasteiger partial charge < -0.3 is 23.8 Å². The van der Waals surface area contributed by atoms with E-state index in [2.05, 4.69) is 0 Å². The molecule has 7 heteroatoms. The van der Waals surface area contributed by atoms with Gasteiger partial charge in [-0.25, -0.2) is 9.59 Å². The lowest BCUT2D eigenvalue weighted by Crippen LogP contribution is -2.28. The quantitative estimate of drug-likeness (QED) is 0.705. The summed E-state index contributed by atoms with van der Waals surface area (Å²) in [5.74, 6) is -0.526. The number of fused-ring (bicyclic) bond motifs is 1. The van der Waals surface area contributed by atoms with Gasteiger partial charge in [0.05, 0.1) is 31.3 Å². The first kappa shape index (κ1) is 19.6. The summed E-state index contributed by atoms with van der Waals surface area (Å²) >= 11 is 0. The molecule has 4 rings (SSSR count). The van der Waals surface area contributed by atoms with E-state index < -0.39 is 17.9 Å². The fourth-order valence-electron chi connectivity index (χ4n) is 3.63. The predicted octanol–water partition coefficient (Wildman–Crippen LogP) is 3.13. The van der Waals surface area contributed by atoms with Crippen LogP contribution in [0, 0.1) is 0 Å². The summed E-state index contributed by atoms with van der Waals surface area (Å²) in [6.45, 7) is 0.614. The largest absolute Gasteiger partial charge is 0.466 e. The number of carbonyl (C=O) groups excluding carboxylic acids is 2. The van der Waals surface area contributed by atoms with Crippen molar-refractivity contribution < 1.29 is 28.5 Å². The zero-order valence-electron chi connectivity index (χ0n) is 16.7. The monoisotopic (exact) mass is 407 g/mol. The molecule has 0 aliphatic carbocycles. The average Bonchev–Trinajstić information content (AvgIpc) is 3.26. The second-order valence-corrected chi connectivity index (χ2v) is 6.86. The van der Waals surface area contributed by atoms with Gasteiger partial charge in [0.2, 0.25) is 6.79 Å². The molecule has 7 nitrogen and oxygen atoms in total. The van der Waals surface area contributed by atoms with Crippen LogP contribution in [-0.2, 0) is 25.6 Å². The maximum absolute atomic E-state index is 12.7. The summed E-state index contributed by atoms with van der Waals surface area (Å²) < 4.78 is 20.9. The van der Waals surface area contributed by atoms with Crippen molar-refractivity contribution in [1.82, 2.24) is 4.90 Å². The van der Waals surface area contributed by atoms with Crippen LogP contribution in [0.2, 0.25) is 0 Å². The van der Waals surface area contributed by atoms with Crippen LogP contribution in [0.15, 0.2) is 72.1 Å². The first-order chi connectivity index (χ1) is 14.6. The Morgan fingerprint density at radius 3 is 2.20 bits per heavy atom. The molecular formula is C23H21NO6. The molecule has 0 fully saturated rings. The topological polar surface area (TPSA) is 74.3 Å². The molecule has 0 amide bonds. The molecule has 0 radical (unpaired) electrons. The summed E-state index contributed by atoms with van der Waals surface area (Å²) in [7, 11) is 2.63. The fraction of sp³-hybridized carbons (Fsp3) is 0.217. The van der Waals surface area contributed by atoms with E-state index in [-0.39, 0.29) is 6.79 Å². The summed E-state index contributed by atoms with van der Waals surface area (Å²) in [5.41, 5.74) is 2.39. The van der Waals surface area contributed by atoms with Crippen molar-refractivity contribution in [1.29, 1.82) is 0 Å². The Labute approximate surface area is 174 Å². The Balaban J connectivity index is 1.78. The maximum atomic E-state index is 12.7. The number of ether oxygens (including phenoxy) is 4. The Bertz CT molecular complexity index is 993. The number of methoxy groups -OCH3 is 2. The predicted molar refractivity (Wildman–Crippen MR) is 107 cm³/mol. The molecule has 0 bridgehead atoms. The first-order valence-corrected chi connectivity index (χ1v) is 9.40. The van der Waals surface area contributed by atoms with Gasteiger partial charge in [-0.3, -0.25) is 0 Å². The fourth-order valence-corrected chi connectivity index (χ4v) is 3.63. The standard InChI is InChI=1S/C23H21NO6/c1-27-22(25)17-12-24(11-15-6-4-3-5-7-15)13-18(23(26)28-2)21(17)16-8-9-19-20(10-16)30-14-29-19/h3-10,12-13,21H,11,14H2,1-2H3. The van der Waals surface area contributed by atoms with Crippen molar-refractivity contribution in [2.45, 2.75) is 12.5 Å². The molecule has 2 aromatic rings. The molecule has 0 N–H and O–H groups in total. The van der Waals surface area contributed by atoms with Crippen LogP contribution in [0.3, 0.4) is 0 Å². The van der Waals surface area contributed by atoms with Crippen LogP contribution in [0.5, 0.6) is 11.5 Å². The molecule has 0 spiro atoms. The van der Waals surface area contributed by atoms with Crippen molar-refractivity contribution in [2.75, 3.05) is 21.0 Å². The van der Waals surface area contributed by atoms with Crippen molar-refractivity contribution in [3.05, 3.63) is 83.2 Å². The van der Waals surface area contributed by atoms with Gasteiger partial charge in [0, 0.05) is 18.9 Å². The first-order valence-electron chi connectivity index (χ1n) is 9.40. The van der Waals surface area contributed by atoms with Gasteiger partial charge in [-0.15, -0.1) is 0 Å². The van der Waals surface area contributed by atoms with Crippen LogP contribution in [-0.4, -0.2) is 37.9 Å². The molecule has 0 saturated carbocycles. The maximum Gasteiger partial charge on any atom is 0.336 e. The van der Waals surface area contributed by atoms with E-state index in [4.69, 9.17) is 18.9 Å². The highest BCUT2D eigenvalue weighted by Gasteiger charge is 2.36. The minimum absolute atomic E-state index is 0.133. The van der Waals surface area contributed by atoms with Crippen molar-refractivity contribution >= 4 is 11.9 Å². The summed E-state index contributed by atoms with van der Waals surface area (Å²) in [6.07, 6.45) is 3.42. The average molecular weight is 407 g/mol. The van der Waals surface area contributed by atoms with Crippen LogP contribution in [0.4, 0.5) is 0 Å². The van der Waals surface area contributed by atoms with E-state index in [0.29, 0.717) is 34.8 Å². The van der Waals surface area contributed by atoms with E-state index in [0.717, 1.165) is 5.56 Å². The van der Waals surface area contributed by atoms with E-state index in [1.807, 2.05) is 30.3 Å². The van der Waals surface area contributed by atoms with Crippen molar-refractivity contribution in [2.24, 2.45) is 0 Å². The molecule has 0 saturated heterocycles. The Hall–Kier alpha value is -3.74. The van der Waals surface area contributed by atoms with Crippen LogP contribution >= 0.6 is 0 Å². The second kappa shape index (κ2) is 8.32. The number of nitrogens with zero attached hydrogens (tertiary/aromatic N) is 1. The third-order valence-electron chi connectivity index (χ3n) is 5.01. The van der Waals surface area contributed by atoms with Crippen LogP contribution in [0.1, 0.15) is 17.0 Å². The summed E-state index contributed by atoms with van der Waals surface area (Å²) in [5, 5.41) is 0. The second-order valence-electron chi connectivity index (χ2n) is 6.86. The highest BCUT2D eigenvalue weighted by atomic mass is 16.7. The lowest BCUT2D eigenvalue weighted by Gasteiger charge is -2.30. The molecule has 30 heavy (non-hydrogen) atoms. The van der Waals surface area contributed by atoms with Crippen molar-refractivity contribution in [3.8, 4) is 11.5 Å². The lowest BCUT2D eigenvalue weighted by molar-refractivity contribution is -0.137. The molecule has 2 aliphatic heterocycles. The number of rotatable bonds is 5. The Morgan fingerprint density at radius 1 is 0.933 bits per heavy atom. The van der Waals surface area contributed by atoms with E-state index >= 15 is 0 Å². The number of esters is 2. The zero-order chi connectivity index (χ0) is 21.1. The van der Waals surface area contributed by atoms with Gasteiger partial charge in [-0.05, 0) is 23.3 Å². The molecule has 2 heterocycles. The molecule has 154 valence electrons. The van der Waals surface area contributed by atoms with Crippen LogP contribution in [0.25, 0.3) is 0 Å². The Morgan fingerprint density at radius 2 is 1.57 bits per heavy atom. The van der Waals surface area contributed by atoms with Gasteiger partial charge in [0.1, 0.15) is 0 Å². The number of benzene rings is 2. The molecule has 2 aromatic carbocycles. The van der Waals surface area contributed by atoms with Crippen molar-refractivity contribution in [3.63, 3.8) is 0 Å². The molecule has 0 atom stereocenters. The number of hydrogen-bond donors (Lipinski definition) is 0. The lowest BCUT2D eigenvalue weighted by atomic mass is 9.83. The third kappa shape index (κ3) is 3.74. The molecule has 2 aliphatic rings. The van der Waals surface area contributed by atoms with Gasteiger partial charge in [-0.2, -0.15) is 0 Å². The molecular weight excluding hydrogens is 386 g/mol. The summed E-state index contributed by atoms with van der Waals surface area (Å²) in [4.78, 5) is 27.2. The third-order valence-corrected chi connectivity index (χ3v) is 5.01. The van der Waals surface area contributed by atoms with Crippen LogP contribution < -0.4 is 9.47 Å². The van der Waals surface area contributed by atoms with E-state index in [1.54, 1.807) is 35.5 Å². The smallest absolute Gasteiger partial charge is 0.336 e. The van der Waals surface area contributed by atoms with E-state index in [9.17, 15) is 9.59 Å². The highest BCUT2D eigenvalue weighted by Crippen LogP contribution is 2.41. The summed E-state index contributed by atoms with van der Waals surface area (Å²) in [6, 6.07) is 15.1. The highest BCUT2D eigenvalue weighted by molar-refractivity contribution is 5.98. The molecule has 0 unspecified atom stereocenters. The Kier molecular flexibility index (Phi) is 5.43. The minimum atomic E-state index is -0.661. The van der Waals surface area contributed by atoms with Gasteiger partial charge in [0.25, 0.3) is 0 Å². The number of carbonyl (C=O) groups is 2. The van der Waals surface area contributed by atoms with Gasteiger partial charge in [-0.1, -0.05) is 36.4 Å². The van der Waals surface area contributed by atoms with E-state index in [1.165, 1.54) is 14.2 Å². The van der Waals surface area contributed by atoms with Gasteiger partial charge in [0.15, 0.2) is 11.5 Å². The SMILES string of the molecule is COC(=O)C1=CN(Cc2ccccc2)C=C(C(=O)OC)C1c1ccc2c(c1)OCO2.